The molecule has 1 aromatic carbocycles. The molecule has 2 rings (SSSR count). The first-order chi connectivity index (χ1) is 16.6. The van der Waals surface area contributed by atoms with E-state index in [9.17, 15) is 19.7 Å². The van der Waals surface area contributed by atoms with E-state index in [1.165, 1.54) is 24.3 Å². The van der Waals surface area contributed by atoms with E-state index >= 15 is 0 Å². The van der Waals surface area contributed by atoms with Crippen LogP contribution < -0.4 is 10.1 Å². The molecule has 0 saturated carbocycles. The third kappa shape index (κ3) is 9.06. The summed E-state index contributed by atoms with van der Waals surface area (Å²) in [4.78, 5) is 37.3. The van der Waals surface area contributed by atoms with Crippen LogP contribution in [-0.4, -0.2) is 74.9 Å². The molecule has 36 heavy (non-hydrogen) atoms. The number of nitro benzene ring substituents is 1. The fraction of sp³-hybridized carbons (Fsp3) is 0.667. The number of urea groups is 1. The Morgan fingerprint density at radius 1 is 1.14 bits per heavy atom. The quantitative estimate of drug-likeness (QED) is 0.161. The minimum Gasteiger partial charge on any atom is -0.428 e. The summed E-state index contributed by atoms with van der Waals surface area (Å²) in [5, 5.41) is 13.8. The Morgan fingerprint density at radius 3 is 2.25 bits per heavy atom. The number of carbonyl (C=O) groups is 2. The van der Waals surface area contributed by atoms with E-state index in [0.717, 1.165) is 0 Å². The monoisotopic (exact) mass is 525 g/mol. The van der Waals surface area contributed by atoms with Gasteiger partial charge in [0.05, 0.1) is 30.8 Å². The van der Waals surface area contributed by atoms with Gasteiger partial charge >= 0.3 is 12.2 Å². The zero-order valence-electron chi connectivity index (χ0n) is 22.3. The largest absolute Gasteiger partial charge is 0.514 e. The summed E-state index contributed by atoms with van der Waals surface area (Å²) in [5.74, 6) is 0.125. The van der Waals surface area contributed by atoms with Gasteiger partial charge < -0.3 is 28.9 Å². The first-order valence-corrected chi connectivity index (χ1v) is 14.9. The predicted molar refractivity (Wildman–Crippen MR) is 137 cm³/mol. The van der Waals surface area contributed by atoms with Crippen molar-refractivity contribution in [2.75, 3.05) is 32.9 Å². The zero-order valence-corrected chi connectivity index (χ0v) is 23.3. The third-order valence-electron chi connectivity index (χ3n) is 6.42. The van der Waals surface area contributed by atoms with Crippen LogP contribution in [0.5, 0.6) is 5.75 Å². The minimum absolute atomic E-state index is 0.00759. The molecule has 0 bridgehead atoms. The first-order valence-electron chi connectivity index (χ1n) is 12.0. The normalized spacial score (nSPS) is 15.7. The fourth-order valence-corrected chi connectivity index (χ4v) is 4.37. The standard InChI is InChI=1S/C24H39N3O8Si/c1-23(2,3)36(6,7)33-17-18(25-21(28)26-12-14-32-15-13-26)16-24(4,5)35-22(29)34-20-10-8-19(9-11-20)27(30)31/h8-11,18H,12-17H2,1-7H3,(H,25,28)/t18-/m0/s1. The fourth-order valence-electron chi connectivity index (χ4n) is 3.32. The average Bonchev–Trinajstić information content (AvgIpc) is 2.77. The molecule has 1 aliphatic heterocycles. The summed E-state index contributed by atoms with van der Waals surface area (Å²) < 4.78 is 22.4. The van der Waals surface area contributed by atoms with E-state index in [1.807, 2.05) is 0 Å². The van der Waals surface area contributed by atoms with Crippen molar-refractivity contribution in [2.24, 2.45) is 0 Å². The Hall–Kier alpha value is -2.70. The van der Waals surface area contributed by atoms with Crippen molar-refractivity contribution in [1.29, 1.82) is 0 Å². The van der Waals surface area contributed by atoms with Gasteiger partial charge in [0.1, 0.15) is 11.4 Å². The maximum atomic E-state index is 12.9. The minimum atomic E-state index is -2.09. The highest BCUT2D eigenvalue weighted by Gasteiger charge is 2.39. The molecule has 1 aromatic rings. The highest BCUT2D eigenvalue weighted by molar-refractivity contribution is 6.74. The summed E-state index contributed by atoms with van der Waals surface area (Å²) in [6.07, 6.45) is -0.662. The van der Waals surface area contributed by atoms with Gasteiger partial charge in [0.15, 0.2) is 8.32 Å². The lowest BCUT2D eigenvalue weighted by atomic mass is 9.99. The Balaban J connectivity index is 2.05. The molecule has 0 radical (unpaired) electrons. The van der Waals surface area contributed by atoms with E-state index in [4.69, 9.17) is 18.6 Å². The lowest BCUT2D eigenvalue weighted by Gasteiger charge is -2.39. The molecule has 0 aromatic heterocycles. The van der Waals surface area contributed by atoms with Crippen molar-refractivity contribution in [3.05, 3.63) is 34.4 Å². The summed E-state index contributed by atoms with van der Waals surface area (Å²) >= 11 is 0. The molecule has 2 amide bonds. The molecule has 1 aliphatic rings. The maximum Gasteiger partial charge on any atom is 0.514 e. The van der Waals surface area contributed by atoms with Crippen LogP contribution in [0.2, 0.25) is 18.1 Å². The molecule has 0 unspecified atom stereocenters. The van der Waals surface area contributed by atoms with Gasteiger partial charge in [0.25, 0.3) is 5.69 Å². The highest BCUT2D eigenvalue weighted by atomic mass is 28.4. The molecule has 11 nitrogen and oxygen atoms in total. The van der Waals surface area contributed by atoms with Gasteiger partial charge in [0, 0.05) is 31.6 Å². The Labute approximate surface area is 213 Å². The molecule has 202 valence electrons. The van der Waals surface area contributed by atoms with Gasteiger partial charge in [-0.25, -0.2) is 9.59 Å². The molecule has 0 aliphatic carbocycles. The number of morpholine rings is 1. The van der Waals surface area contributed by atoms with Crippen LogP contribution in [0.1, 0.15) is 41.0 Å². The van der Waals surface area contributed by atoms with Gasteiger partial charge in [-0.2, -0.15) is 0 Å². The van der Waals surface area contributed by atoms with Crippen LogP contribution in [0, 0.1) is 10.1 Å². The van der Waals surface area contributed by atoms with Gasteiger partial charge in [0.2, 0.25) is 0 Å². The van der Waals surface area contributed by atoms with Gasteiger partial charge in [-0.15, -0.1) is 0 Å². The SMILES string of the molecule is CC(C)(C[C@@H](CO[Si](C)(C)C(C)(C)C)NC(=O)N1CCOCC1)OC(=O)Oc1ccc([N+](=O)[O-])cc1. The number of benzene rings is 1. The van der Waals surface area contributed by atoms with Crippen molar-refractivity contribution in [3.8, 4) is 5.75 Å². The Bertz CT molecular complexity index is 909. The molecule has 1 N–H and O–H groups in total. The average molecular weight is 526 g/mol. The zero-order chi connectivity index (χ0) is 27.1. The maximum absolute atomic E-state index is 12.9. The Kier molecular flexibility index (Phi) is 9.86. The van der Waals surface area contributed by atoms with Gasteiger partial charge in [-0.1, -0.05) is 20.8 Å². The second-order valence-electron chi connectivity index (χ2n) is 11.0. The predicted octanol–water partition coefficient (Wildman–Crippen LogP) is 4.71. The summed E-state index contributed by atoms with van der Waals surface area (Å²) in [7, 11) is -2.09. The molecule has 0 spiro atoms. The number of hydrogen-bond donors (Lipinski definition) is 1. The number of ether oxygens (including phenoxy) is 3. The van der Waals surface area contributed by atoms with Crippen LogP contribution in [-0.2, 0) is 13.9 Å². The number of nitrogens with zero attached hydrogens (tertiary/aromatic N) is 2. The van der Waals surface area contributed by atoms with Crippen molar-refractivity contribution in [1.82, 2.24) is 10.2 Å². The van der Waals surface area contributed by atoms with E-state index in [-0.39, 0.29) is 35.5 Å². The van der Waals surface area contributed by atoms with Crippen LogP contribution in [0.15, 0.2) is 24.3 Å². The molecular formula is C24H39N3O8Si. The van der Waals surface area contributed by atoms with Crippen LogP contribution in [0.25, 0.3) is 0 Å². The number of carbonyl (C=O) groups excluding carboxylic acids is 2. The molecule has 1 saturated heterocycles. The smallest absolute Gasteiger partial charge is 0.428 e. The van der Waals surface area contributed by atoms with E-state index in [2.05, 4.69) is 39.2 Å². The van der Waals surface area contributed by atoms with Crippen LogP contribution in [0.4, 0.5) is 15.3 Å². The topological polar surface area (TPSA) is 129 Å². The molecule has 1 fully saturated rings. The molecule has 1 heterocycles. The second-order valence-corrected chi connectivity index (χ2v) is 15.8. The number of hydrogen-bond acceptors (Lipinski definition) is 8. The number of amides is 2. The van der Waals surface area contributed by atoms with E-state index in [1.54, 1.807) is 18.7 Å². The molecule has 1 atom stereocenters. The van der Waals surface area contributed by atoms with Crippen molar-refractivity contribution >= 4 is 26.2 Å². The summed E-state index contributed by atoms with van der Waals surface area (Å²) in [5.41, 5.74) is -1.12. The number of nitrogens with one attached hydrogen (secondary N) is 1. The third-order valence-corrected chi connectivity index (χ3v) is 10.9. The number of non-ortho nitro benzene ring substituents is 1. The van der Waals surface area contributed by atoms with Gasteiger partial charge in [-0.3, -0.25) is 10.1 Å². The Morgan fingerprint density at radius 2 is 1.72 bits per heavy atom. The lowest BCUT2D eigenvalue weighted by Crippen LogP contribution is -2.53. The van der Waals surface area contributed by atoms with Crippen molar-refractivity contribution < 1.29 is 33.1 Å². The first kappa shape index (κ1) is 29.5. The number of rotatable bonds is 9. The second kappa shape index (κ2) is 12.0. The van der Waals surface area contributed by atoms with E-state index < -0.39 is 31.0 Å². The van der Waals surface area contributed by atoms with Crippen LogP contribution in [0.3, 0.4) is 0 Å². The molecule has 12 heteroatoms. The van der Waals surface area contributed by atoms with Crippen molar-refractivity contribution in [2.45, 2.75) is 70.8 Å². The summed E-state index contributed by atoms with van der Waals surface area (Å²) in [6.45, 7) is 16.4. The number of nitro groups is 1. The van der Waals surface area contributed by atoms with E-state index in [0.29, 0.717) is 26.3 Å². The highest BCUT2D eigenvalue weighted by Crippen LogP contribution is 2.36. The lowest BCUT2D eigenvalue weighted by molar-refractivity contribution is -0.384. The van der Waals surface area contributed by atoms with Crippen molar-refractivity contribution in [3.63, 3.8) is 0 Å². The van der Waals surface area contributed by atoms with Gasteiger partial charge in [-0.05, 0) is 44.1 Å². The molecular weight excluding hydrogens is 486 g/mol. The van der Waals surface area contributed by atoms with Crippen LogP contribution >= 0.6 is 0 Å². The summed E-state index contributed by atoms with van der Waals surface area (Å²) in [6, 6.07) is 4.49.